The van der Waals surface area contributed by atoms with E-state index in [0.717, 1.165) is 32.5 Å². The van der Waals surface area contributed by atoms with Crippen molar-refractivity contribution in [1.82, 2.24) is 9.80 Å². The lowest BCUT2D eigenvalue weighted by molar-refractivity contribution is 0.105. The van der Waals surface area contributed by atoms with Gasteiger partial charge in [-0.15, -0.1) is 0 Å². The van der Waals surface area contributed by atoms with Crippen molar-refractivity contribution in [3.8, 4) is 0 Å². The molecule has 0 aromatic heterocycles. The Morgan fingerprint density at radius 1 is 0.889 bits per heavy atom. The maximum absolute atomic E-state index is 12.8. The zero-order chi connectivity index (χ0) is 18.7. The highest BCUT2D eigenvalue weighted by Gasteiger charge is 2.44. The van der Waals surface area contributed by atoms with Gasteiger partial charge in [0, 0.05) is 38.8 Å². The average molecular weight is 385 g/mol. The Bertz CT molecular complexity index is 839. The summed E-state index contributed by atoms with van der Waals surface area (Å²) in [5.41, 5.74) is 2.58. The van der Waals surface area contributed by atoms with Gasteiger partial charge in [0.15, 0.2) is 9.84 Å². The number of fused-ring (bicyclic) bond motifs is 1. The van der Waals surface area contributed by atoms with Crippen LogP contribution in [0.1, 0.15) is 17.5 Å². The van der Waals surface area contributed by atoms with Gasteiger partial charge in [-0.2, -0.15) is 0 Å². The third-order valence-corrected chi connectivity index (χ3v) is 8.12. The van der Waals surface area contributed by atoms with Gasteiger partial charge >= 0.3 is 0 Å². The first-order valence-corrected chi connectivity index (χ1v) is 11.6. The first-order valence-electron chi connectivity index (χ1n) is 9.88. The summed E-state index contributed by atoms with van der Waals surface area (Å²) in [6.45, 7) is 4.08. The topological polar surface area (TPSA) is 40.6 Å². The molecular weight excluding hydrogens is 356 g/mol. The van der Waals surface area contributed by atoms with Gasteiger partial charge in [0.1, 0.15) is 0 Å². The van der Waals surface area contributed by atoms with Crippen molar-refractivity contribution in [3.63, 3.8) is 0 Å². The van der Waals surface area contributed by atoms with E-state index >= 15 is 0 Å². The number of hydrogen-bond donors (Lipinski definition) is 0. The molecule has 2 aromatic rings. The van der Waals surface area contributed by atoms with Gasteiger partial charge in [0.2, 0.25) is 0 Å². The van der Waals surface area contributed by atoms with Crippen molar-refractivity contribution in [2.24, 2.45) is 0 Å². The zero-order valence-electron chi connectivity index (χ0n) is 15.7. The van der Waals surface area contributed by atoms with E-state index in [2.05, 4.69) is 46.2 Å². The van der Waals surface area contributed by atoms with Crippen molar-refractivity contribution in [2.45, 2.75) is 30.7 Å². The Hall–Kier alpha value is -1.69. The number of nitrogens with zero attached hydrogens (tertiary/aromatic N) is 2. The summed E-state index contributed by atoms with van der Waals surface area (Å²) >= 11 is 0. The van der Waals surface area contributed by atoms with Gasteiger partial charge in [0.05, 0.1) is 11.0 Å². The lowest BCUT2D eigenvalue weighted by atomic mass is 10.0. The van der Waals surface area contributed by atoms with E-state index in [1.165, 1.54) is 11.1 Å². The Kier molecular flexibility index (Phi) is 5.62. The molecule has 0 aliphatic carbocycles. The summed E-state index contributed by atoms with van der Waals surface area (Å²) in [6, 6.07) is 21.0. The monoisotopic (exact) mass is 384 g/mol. The normalized spacial score (nSPS) is 25.8. The van der Waals surface area contributed by atoms with Crippen molar-refractivity contribution in [3.05, 3.63) is 71.8 Å². The number of likely N-dealkylation sites (tertiary alicyclic amines) is 1. The van der Waals surface area contributed by atoms with Gasteiger partial charge in [-0.1, -0.05) is 60.7 Å². The van der Waals surface area contributed by atoms with Gasteiger partial charge in [-0.25, -0.2) is 8.42 Å². The summed E-state index contributed by atoms with van der Waals surface area (Å²) in [6.07, 6.45) is 1.92. The lowest BCUT2D eigenvalue weighted by Crippen LogP contribution is -2.61. The molecule has 4 rings (SSSR count). The molecule has 2 aromatic carbocycles. The molecule has 2 saturated heterocycles. The Labute approximate surface area is 162 Å². The van der Waals surface area contributed by atoms with Crippen LogP contribution in [-0.4, -0.2) is 61.4 Å². The average Bonchev–Trinajstić information content (AvgIpc) is 2.69. The number of hydrogen-bond acceptors (Lipinski definition) is 4. The summed E-state index contributed by atoms with van der Waals surface area (Å²) in [5.74, 6) is 0.294. The Balaban J connectivity index is 1.42. The zero-order valence-corrected chi connectivity index (χ0v) is 16.5. The van der Waals surface area contributed by atoms with Crippen molar-refractivity contribution < 1.29 is 8.42 Å². The van der Waals surface area contributed by atoms with Crippen molar-refractivity contribution >= 4 is 9.84 Å². The molecule has 2 atom stereocenters. The van der Waals surface area contributed by atoms with Crippen LogP contribution in [0.2, 0.25) is 0 Å². The van der Waals surface area contributed by atoms with Crippen LogP contribution in [-0.2, 0) is 22.8 Å². The van der Waals surface area contributed by atoms with Crippen LogP contribution in [0, 0.1) is 0 Å². The molecule has 144 valence electrons. The van der Waals surface area contributed by atoms with Crippen LogP contribution >= 0.6 is 0 Å². The SMILES string of the molecule is O=S1(=O)CCN(CCc2ccccc2)[C@H]2CCN(Cc3ccccc3)C[C@@H]21. The number of rotatable bonds is 5. The summed E-state index contributed by atoms with van der Waals surface area (Å²) < 4.78 is 25.6. The molecule has 0 radical (unpaired) electrons. The molecule has 0 bridgehead atoms. The van der Waals surface area contributed by atoms with Gasteiger partial charge in [0.25, 0.3) is 0 Å². The molecule has 0 spiro atoms. The molecule has 2 heterocycles. The highest BCUT2D eigenvalue weighted by molar-refractivity contribution is 7.92. The predicted molar refractivity (Wildman–Crippen MR) is 109 cm³/mol. The number of piperidine rings is 1. The molecule has 0 saturated carbocycles. The lowest BCUT2D eigenvalue weighted by Gasteiger charge is -2.46. The molecule has 4 nitrogen and oxygen atoms in total. The Morgan fingerprint density at radius 2 is 1.56 bits per heavy atom. The summed E-state index contributed by atoms with van der Waals surface area (Å²) in [5, 5.41) is -0.250. The van der Waals surface area contributed by atoms with Crippen LogP contribution < -0.4 is 0 Å². The molecule has 27 heavy (non-hydrogen) atoms. The van der Waals surface area contributed by atoms with Crippen LogP contribution in [0.5, 0.6) is 0 Å². The van der Waals surface area contributed by atoms with E-state index < -0.39 is 9.84 Å². The second-order valence-corrected chi connectivity index (χ2v) is 10.1. The molecule has 5 heteroatoms. The Morgan fingerprint density at radius 3 is 2.26 bits per heavy atom. The van der Waals surface area contributed by atoms with Crippen molar-refractivity contribution in [2.75, 3.05) is 31.9 Å². The number of sulfone groups is 1. The minimum Gasteiger partial charge on any atom is -0.298 e. The largest absolute Gasteiger partial charge is 0.298 e. The predicted octanol–water partition coefficient (Wildman–Crippen LogP) is 2.60. The fourth-order valence-corrected chi connectivity index (χ4v) is 6.50. The van der Waals surface area contributed by atoms with E-state index in [-0.39, 0.29) is 11.3 Å². The number of benzene rings is 2. The van der Waals surface area contributed by atoms with Gasteiger partial charge < -0.3 is 0 Å². The van der Waals surface area contributed by atoms with Gasteiger partial charge in [-0.3, -0.25) is 9.80 Å². The van der Waals surface area contributed by atoms with Crippen molar-refractivity contribution in [1.29, 1.82) is 0 Å². The highest BCUT2D eigenvalue weighted by atomic mass is 32.2. The van der Waals surface area contributed by atoms with E-state index in [9.17, 15) is 8.42 Å². The molecule has 0 unspecified atom stereocenters. The maximum atomic E-state index is 12.8. The molecular formula is C22H28N2O2S. The molecule has 2 aliphatic rings. The smallest absolute Gasteiger partial charge is 0.157 e. The molecule has 2 fully saturated rings. The highest BCUT2D eigenvalue weighted by Crippen LogP contribution is 2.28. The second kappa shape index (κ2) is 8.13. The molecule has 2 aliphatic heterocycles. The first kappa shape index (κ1) is 18.7. The molecule has 0 amide bonds. The van der Waals surface area contributed by atoms with Gasteiger partial charge in [-0.05, 0) is 24.0 Å². The fourth-order valence-electron chi connectivity index (χ4n) is 4.48. The first-order chi connectivity index (χ1) is 13.1. The van der Waals surface area contributed by atoms with E-state index in [1.54, 1.807) is 0 Å². The van der Waals surface area contributed by atoms with Crippen LogP contribution in [0.25, 0.3) is 0 Å². The van der Waals surface area contributed by atoms with E-state index in [1.807, 2.05) is 24.3 Å². The second-order valence-electron chi connectivity index (χ2n) is 7.75. The fraction of sp³-hybridized carbons (Fsp3) is 0.455. The third kappa shape index (κ3) is 4.42. The molecule has 0 N–H and O–H groups in total. The van der Waals surface area contributed by atoms with E-state index in [4.69, 9.17) is 0 Å². The quantitative estimate of drug-likeness (QED) is 0.795. The van der Waals surface area contributed by atoms with Crippen LogP contribution in [0.3, 0.4) is 0 Å². The van der Waals surface area contributed by atoms with Crippen LogP contribution in [0.15, 0.2) is 60.7 Å². The minimum absolute atomic E-state index is 0.166. The minimum atomic E-state index is -3.01. The van der Waals surface area contributed by atoms with Crippen LogP contribution in [0.4, 0.5) is 0 Å². The summed E-state index contributed by atoms with van der Waals surface area (Å²) in [4.78, 5) is 4.74. The van der Waals surface area contributed by atoms with E-state index in [0.29, 0.717) is 18.8 Å². The maximum Gasteiger partial charge on any atom is 0.157 e. The summed E-state index contributed by atoms with van der Waals surface area (Å²) in [7, 11) is -3.01. The standard InChI is InChI=1S/C22H28N2O2S/c25-27(26)16-15-24(14-11-19-7-3-1-4-8-19)21-12-13-23(18-22(21)27)17-20-9-5-2-6-10-20/h1-10,21-22H,11-18H2/t21-,22-/m0/s1. The third-order valence-electron chi connectivity index (χ3n) is 5.98.